The van der Waals surface area contributed by atoms with Gasteiger partial charge in [0.1, 0.15) is 5.84 Å². The summed E-state index contributed by atoms with van der Waals surface area (Å²) in [6, 6.07) is 6.79. The van der Waals surface area contributed by atoms with E-state index >= 15 is 0 Å². The first-order valence-corrected chi connectivity index (χ1v) is 7.25. The van der Waals surface area contributed by atoms with Crippen molar-refractivity contribution in [3.8, 4) is 0 Å². The largest absolute Gasteiger partial charge is 0.382 e. The molecule has 2 rings (SSSR count). The van der Waals surface area contributed by atoms with Gasteiger partial charge < -0.3 is 4.74 Å². The molecular formula is C12H16N2O3S. The van der Waals surface area contributed by atoms with Gasteiger partial charge in [-0.25, -0.2) is 8.42 Å². The van der Waals surface area contributed by atoms with Crippen molar-refractivity contribution in [2.45, 2.75) is 24.3 Å². The SMILES string of the molecule is CCC(COC)N=C1NS(=O)(=O)c2ccccc21. The normalized spacial score (nSPS) is 20.4. The lowest BCUT2D eigenvalue weighted by Gasteiger charge is -2.09. The molecule has 1 aromatic carbocycles. The van der Waals surface area contributed by atoms with Crippen LogP contribution in [0.4, 0.5) is 0 Å². The second-order valence-electron chi connectivity index (χ2n) is 4.10. The number of fused-ring (bicyclic) bond motifs is 1. The highest BCUT2D eigenvalue weighted by atomic mass is 32.2. The molecule has 1 unspecified atom stereocenters. The molecule has 0 spiro atoms. The lowest BCUT2D eigenvalue weighted by Crippen LogP contribution is -2.25. The zero-order valence-electron chi connectivity index (χ0n) is 10.4. The average molecular weight is 268 g/mol. The Bertz CT molecular complexity index is 566. The molecule has 6 heteroatoms. The van der Waals surface area contributed by atoms with Crippen LogP contribution >= 0.6 is 0 Å². The van der Waals surface area contributed by atoms with Gasteiger partial charge in [-0.1, -0.05) is 19.1 Å². The highest BCUT2D eigenvalue weighted by molar-refractivity contribution is 7.90. The molecule has 0 aromatic heterocycles. The number of benzene rings is 1. The van der Waals surface area contributed by atoms with E-state index in [1.54, 1.807) is 31.4 Å². The van der Waals surface area contributed by atoms with E-state index in [0.717, 1.165) is 6.42 Å². The Morgan fingerprint density at radius 3 is 2.78 bits per heavy atom. The number of sulfonamides is 1. The molecule has 0 amide bonds. The Balaban J connectivity index is 2.41. The van der Waals surface area contributed by atoms with Gasteiger partial charge in [-0.05, 0) is 18.6 Å². The molecule has 0 fully saturated rings. The van der Waals surface area contributed by atoms with Crippen LogP contribution < -0.4 is 4.72 Å². The molecule has 5 nitrogen and oxygen atoms in total. The van der Waals surface area contributed by atoms with Crippen molar-refractivity contribution in [2.75, 3.05) is 13.7 Å². The summed E-state index contributed by atoms with van der Waals surface area (Å²) in [5.41, 5.74) is 0.632. The molecule has 1 aliphatic rings. The van der Waals surface area contributed by atoms with Crippen molar-refractivity contribution in [2.24, 2.45) is 4.99 Å². The molecule has 0 bridgehead atoms. The van der Waals surface area contributed by atoms with E-state index in [4.69, 9.17) is 4.74 Å². The van der Waals surface area contributed by atoms with Crippen LogP contribution in [0.15, 0.2) is 34.2 Å². The third-order valence-corrected chi connectivity index (χ3v) is 4.20. The predicted octanol–water partition coefficient (Wildman–Crippen LogP) is 1.15. The summed E-state index contributed by atoms with van der Waals surface area (Å²) in [5, 5.41) is 0. The number of aliphatic imine (C=N–C) groups is 1. The fourth-order valence-electron chi connectivity index (χ4n) is 1.85. The fourth-order valence-corrected chi connectivity index (χ4v) is 3.09. The van der Waals surface area contributed by atoms with Gasteiger partial charge in [-0.15, -0.1) is 0 Å². The lowest BCUT2D eigenvalue weighted by atomic mass is 10.2. The van der Waals surface area contributed by atoms with Crippen molar-refractivity contribution in [3.63, 3.8) is 0 Å². The molecule has 0 aliphatic carbocycles. The zero-order chi connectivity index (χ0) is 13.2. The van der Waals surface area contributed by atoms with Crippen LogP contribution in [0.2, 0.25) is 0 Å². The van der Waals surface area contributed by atoms with Crippen LogP contribution in [0.1, 0.15) is 18.9 Å². The van der Waals surface area contributed by atoms with Gasteiger partial charge in [0.05, 0.1) is 17.5 Å². The summed E-state index contributed by atoms with van der Waals surface area (Å²) in [4.78, 5) is 4.71. The average Bonchev–Trinajstić information content (AvgIpc) is 2.61. The van der Waals surface area contributed by atoms with Crippen LogP contribution in [0.5, 0.6) is 0 Å². The minimum absolute atomic E-state index is 0.0427. The molecule has 18 heavy (non-hydrogen) atoms. The number of hydrogen-bond acceptors (Lipinski definition) is 4. The molecule has 1 N–H and O–H groups in total. The van der Waals surface area contributed by atoms with Crippen molar-refractivity contribution < 1.29 is 13.2 Å². The second-order valence-corrected chi connectivity index (χ2v) is 5.75. The molecule has 0 saturated heterocycles. The Hall–Kier alpha value is -1.40. The monoisotopic (exact) mass is 268 g/mol. The molecule has 1 heterocycles. The Morgan fingerprint density at radius 1 is 1.39 bits per heavy atom. The van der Waals surface area contributed by atoms with E-state index in [1.807, 2.05) is 6.92 Å². The number of amidine groups is 1. The summed E-state index contributed by atoms with van der Waals surface area (Å²) >= 11 is 0. The van der Waals surface area contributed by atoms with Crippen LogP contribution in [0.25, 0.3) is 0 Å². The number of rotatable bonds is 4. The summed E-state index contributed by atoms with van der Waals surface area (Å²) in [7, 11) is -1.84. The maximum absolute atomic E-state index is 11.9. The number of methoxy groups -OCH3 is 1. The minimum Gasteiger partial charge on any atom is -0.382 e. The summed E-state index contributed by atoms with van der Waals surface area (Å²) in [6.07, 6.45) is 0.793. The van der Waals surface area contributed by atoms with Crippen LogP contribution in [-0.2, 0) is 14.8 Å². The molecule has 1 atom stereocenters. The van der Waals surface area contributed by atoms with Crippen LogP contribution in [0, 0.1) is 0 Å². The van der Waals surface area contributed by atoms with E-state index in [2.05, 4.69) is 9.71 Å². The van der Waals surface area contributed by atoms with Crippen molar-refractivity contribution >= 4 is 15.9 Å². The number of ether oxygens (including phenoxy) is 1. The molecule has 1 aromatic rings. The van der Waals surface area contributed by atoms with Gasteiger partial charge in [0.25, 0.3) is 10.0 Å². The van der Waals surface area contributed by atoms with E-state index < -0.39 is 10.0 Å². The Labute approximate surface area is 107 Å². The number of nitrogens with one attached hydrogen (secondary N) is 1. The maximum Gasteiger partial charge on any atom is 0.263 e. The van der Waals surface area contributed by atoms with Crippen molar-refractivity contribution in [1.82, 2.24) is 4.72 Å². The fraction of sp³-hybridized carbons (Fsp3) is 0.417. The van der Waals surface area contributed by atoms with Crippen molar-refractivity contribution in [3.05, 3.63) is 29.8 Å². The van der Waals surface area contributed by atoms with Gasteiger partial charge in [0.15, 0.2) is 0 Å². The van der Waals surface area contributed by atoms with Gasteiger partial charge in [0, 0.05) is 12.7 Å². The van der Waals surface area contributed by atoms with Gasteiger partial charge in [-0.3, -0.25) is 9.71 Å². The third kappa shape index (κ3) is 2.39. The zero-order valence-corrected chi connectivity index (χ0v) is 11.2. The Morgan fingerprint density at radius 2 is 2.11 bits per heavy atom. The first kappa shape index (κ1) is 13.0. The Kier molecular flexibility index (Phi) is 3.68. The summed E-state index contributed by atoms with van der Waals surface area (Å²) in [6.45, 7) is 2.47. The van der Waals surface area contributed by atoms with Gasteiger partial charge >= 0.3 is 0 Å². The lowest BCUT2D eigenvalue weighted by molar-refractivity contribution is 0.179. The smallest absolute Gasteiger partial charge is 0.263 e. The highest BCUT2D eigenvalue weighted by Gasteiger charge is 2.30. The highest BCUT2D eigenvalue weighted by Crippen LogP contribution is 2.22. The standard InChI is InChI=1S/C12H16N2O3S/c1-3-9(8-17-2)13-12-10-6-4-5-7-11(10)18(15,16)14-12/h4-7,9H,3,8H2,1-2H3,(H,13,14). The number of hydrogen-bond donors (Lipinski definition) is 1. The summed E-state index contributed by atoms with van der Waals surface area (Å²) in [5.74, 6) is 0.412. The van der Waals surface area contributed by atoms with Gasteiger partial charge in [-0.2, -0.15) is 0 Å². The molecular weight excluding hydrogens is 252 g/mol. The first-order chi connectivity index (χ1) is 8.58. The molecule has 98 valence electrons. The van der Waals surface area contributed by atoms with Gasteiger partial charge in [0.2, 0.25) is 0 Å². The molecule has 0 radical (unpaired) electrons. The first-order valence-electron chi connectivity index (χ1n) is 5.77. The number of nitrogens with zero attached hydrogens (tertiary/aromatic N) is 1. The summed E-state index contributed by atoms with van der Waals surface area (Å²) < 4.78 is 31.3. The topological polar surface area (TPSA) is 67.8 Å². The van der Waals surface area contributed by atoms with E-state index in [0.29, 0.717) is 18.0 Å². The molecule has 1 aliphatic heterocycles. The third-order valence-electron chi connectivity index (χ3n) is 2.80. The quantitative estimate of drug-likeness (QED) is 0.890. The molecule has 0 saturated carbocycles. The maximum atomic E-state index is 11.9. The second kappa shape index (κ2) is 5.07. The van der Waals surface area contributed by atoms with E-state index in [-0.39, 0.29) is 10.9 Å². The van der Waals surface area contributed by atoms with E-state index in [9.17, 15) is 8.42 Å². The minimum atomic E-state index is -3.45. The van der Waals surface area contributed by atoms with Crippen LogP contribution in [0.3, 0.4) is 0 Å². The van der Waals surface area contributed by atoms with Crippen LogP contribution in [-0.4, -0.2) is 34.0 Å². The van der Waals surface area contributed by atoms with Crippen molar-refractivity contribution in [1.29, 1.82) is 0 Å². The predicted molar refractivity (Wildman–Crippen MR) is 69.3 cm³/mol. The van der Waals surface area contributed by atoms with E-state index in [1.165, 1.54) is 0 Å².